The van der Waals surface area contributed by atoms with Crippen LogP contribution in [0.5, 0.6) is 0 Å². The summed E-state index contributed by atoms with van der Waals surface area (Å²) >= 11 is 0. The fourth-order valence-electron chi connectivity index (χ4n) is 5.31. The van der Waals surface area contributed by atoms with E-state index < -0.39 is 27.6 Å². The Morgan fingerprint density at radius 1 is 0.975 bits per heavy atom. The van der Waals surface area contributed by atoms with Gasteiger partial charge in [0.2, 0.25) is 0 Å². The van der Waals surface area contributed by atoms with Gasteiger partial charge in [-0.3, -0.25) is 9.59 Å². The lowest BCUT2D eigenvalue weighted by molar-refractivity contribution is -0.148. The molecule has 0 aliphatic heterocycles. The molecular weight excluding hydrogens is 543 g/mol. The number of likely N-dealkylation sites (N-methyl/N-ethyl adjacent to an activating group) is 1. The predicted molar refractivity (Wildman–Crippen MR) is 146 cm³/mol. The number of sulfone groups is 1. The Bertz CT molecular complexity index is 1220. The smallest absolute Gasteiger partial charge is 0.416 e. The number of hydrogen-bond acceptors (Lipinski definition) is 6. The first-order valence-electron chi connectivity index (χ1n) is 13.6. The number of rotatable bonds is 12. The number of nitrogens with one attached hydrogen (secondary N) is 1. The summed E-state index contributed by atoms with van der Waals surface area (Å²) in [5.74, 6) is -1.09. The summed E-state index contributed by atoms with van der Waals surface area (Å²) in [5, 5.41) is 2.97. The molecule has 10 heteroatoms. The minimum Gasteiger partial charge on any atom is -0.464 e. The molecule has 220 valence electrons. The highest BCUT2D eigenvalue weighted by atomic mass is 32.2. The van der Waals surface area contributed by atoms with Crippen molar-refractivity contribution in [3.63, 3.8) is 0 Å². The van der Waals surface area contributed by atoms with E-state index in [2.05, 4.69) is 5.32 Å². The van der Waals surface area contributed by atoms with Crippen LogP contribution in [-0.4, -0.2) is 45.6 Å². The third-order valence-electron chi connectivity index (χ3n) is 7.67. The standard InChI is InChI=1S/C30H38F3NO5S/c1-20(2)28(34-3)29(36)39-18-24(22-7-5-4-6-8-22)17-27(35)23-11-9-21(10-12-23)19-40(37,38)26-15-13-25(14-16-26)30(31,32)33/h4-8,13-16,20-21,23-24,28,34H,9-12,17-19H2,1-3H3/t21?,23?,24-,28+/m1/s1. The van der Waals surface area contributed by atoms with E-state index in [0.717, 1.165) is 29.8 Å². The van der Waals surface area contributed by atoms with E-state index in [1.807, 2.05) is 44.2 Å². The van der Waals surface area contributed by atoms with Crippen LogP contribution in [-0.2, 0) is 30.3 Å². The van der Waals surface area contributed by atoms with Gasteiger partial charge in [0, 0.05) is 18.3 Å². The van der Waals surface area contributed by atoms with Crippen LogP contribution in [0.3, 0.4) is 0 Å². The number of alkyl halides is 3. The highest BCUT2D eigenvalue weighted by molar-refractivity contribution is 7.91. The maximum Gasteiger partial charge on any atom is 0.416 e. The van der Waals surface area contributed by atoms with Gasteiger partial charge in [0.05, 0.1) is 22.8 Å². The molecule has 40 heavy (non-hydrogen) atoms. The van der Waals surface area contributed by atoms with Crippen LogP contribution in [0.15, 0.2) is 59.5 Å². The van der Waals surface area contributed by atoms with Crippen molar-refractivity contribution in [2.45, 2.75) is 69.0 Å². The van der Waals surface area contributed by atoms with Crippen LogP contribution < -0.4 is 5.32 Å². The van der Waals surface area contributed by atoms with Crippen LogP contribution >= 0.6 is 0 Å². The lowest BCUT2D eigenvalue weighted by atomic mass is 9.78. The molecule has 0 spiro atoms. The highest BCUT2D eigenvalue weighted by Crippen LogP contribution is 2.35. The lowest BCUT2D eigenvalue weighted by Gasteiger charge is -2.29. The summed E-state index contributed by atoms with van der Waals surface area (Å²) in [6.45, 7) is 3.93. The minimum absolute atomic E-state index is 0.0487. The van der Waals surface area contributed by atoms with Crippen LogP contribution in [0.2, 0.25) is 0 Å². The maximum atomic E-state index is 13.3. The molecular formula is C30H38F3NO5S. The van der Waals surface area contributed by atoms with Gasteiger partial charge < -0.3 is 10.1 Å². The number of hydrogen-bond donors (Lipinski definition) is 1. The Hall–Kier alpha value is -2.72. The molecule has 2 aromatic rings. The minimum atomic E-state index is -4.53. The molecule has 0 heterocycles. The Balaban J connectivity index is 1.58. The zero-order valence-electron chi connectivity index (χ0n) is 23.1. The van der Waals surface area contributed by atoms with E-state index in [0.29, 0.717) is 25.7 Å². The normalized spacial score (nSPS) is 19.7. The van der Waals surface area contributed by atoms with E-state index in [9.17, 15) is 31.2 Å². The molecule has 0 radical (unpaired) electrons. The summed E-state index contributed by atoms with van der Waals surface area (Å²) in [6, 6.07) is 12.6. The molecule has 1 aliphatic rings. The quantitative estimate of drug-likeness (QED) is 0.318. The third kappa shape index (κ3) is 8.64. The fraction of sp³-hybridized carbons (Fsp3) is 0.533. The molecule has 0 saturated heterocycles. The van der Waals surface area contributed by atoms with E-state index in [-0.39, 0.29) is 59.1 Å². The summed E-state index contributed by atoms with van der Waals surface area (Å²) in [5.41, 5.74) is 0.0151. The molecule has 3 rings (SSSR count). The van der Waals surface area contributed by atoms with E-state index >= 15 is 0 Å². The van der Waals surface area contributed by atoms with Gasteiger partial charge in [-0.2, -0.15) is 13.2 Å². The highest BCUT2D eigenvalue weighted by Gasteiger charge is 2.33. The molecule has 1 aliphatic carbocycles. The number of esters is 1. The van der Waals surface area contributed by atoms with Crippen molar-refractivity contribution in [3.05, 3.63) is 65.7 Å². The van der Waals surface area contributed by atoms with E-state index in [4.69, 9.17) is 4.74 Å². The van der Waals surface area contributed by atoms with Crippen molar-refractivity contribution < 1.29 is 35.9 Å². The van der Waals surface area contributed by atoms with Crippen LogP contribution in [0, 0.1) is 17.8 Å². The summed E-state index contributed by atoms with van der Waals surface area (Å²) < 4.78 is 69.7. The second kappa shape index (κ2) is 13.8. The molecule has 0 amide bonds. The summed E-state index contributed by atoms with van der Waals surface area (Å²) in [4.78, 5) is 25.7. The number of ketones is 1. The van der Waals surface area contributed by atoms with Crippen LogP contribution in [0.1, 0.15) is 63.0 Å². The zero-order chi connectivity index (χ0) is 29.5. The number of carbonyl (C=O) groups is 2. The molecule has 2 aromatic carbocycles. The average Bonchev–Trinajstić information content (AvgIpc) is 2.91. The van der Waals surface area contributed by atoms with Crippen molar-refractivity contribution in [2.24, 2.45) is 17.8 Å². The molecule has 0 aromatic heterocycles. The SMILES string of the molecule is CN[C@H](C(=O)OC[C@@H](CC(=O)C1CCC(CS(=O)(=O)c2ccc(C(F)(F)F)cc2)CC1)c1ccccc1)C(C)C. The second-order valence-electron chi connectivity index (χ2n) is 10.9. The molecule has 1 N–H and O–H groups in total. The molecule has 2 atom stereocenters. The monoisotopic (exact) mass is 581 g/mol. The first-order valence-corrected chi connectivity index (χ1v) is 15.3. The van der Waals surface area contributed by atoms with Crippen molar-refractivity contribution in [1.82, 2.24) is 5.32 Å². The van der Waals surface area contributed by atoms with E-state index in [1.54, 1.807) is 7.05 Å². The van der Waals surface area contributed by atoms with Gasteiger partial charge in [0.15, 0.2) is 9.84 Å². The third-order valence-corrected chi connectivity index (χ3v) is 9.58. The molecule has 0 bridgehead atoms. The number of carbonyl (C=O) groups excluding carboxylic acids is 2. The Morgan fingerprint density at radius 3 is 2.10 bits per heavy atom. The van der Waals surface area contributed by atoms with Gasteiger partial charge in [-0.15, -0.1) is 0 Å². The first-order chi connectivity index (χ1) is 18.8. The number of benzene rings is 2. The van der Waals surface area contributed by atoms with Gasteiger partial charge in [-0.05, 0) is 74.4 Å². The Labute approximate surface area is 234 Å². The van der Waals surface area contributed by atoms with Crippen LogP contribution in [0.4, 0.5) is 13.2 Å². The van der Waals surface area contributed by atoms with Gasteiger partial charge in [-0.25, -0.2) is 8.42 Å². The van der Waals surface area contributed by atoms with Gasteiger partial charge in [0.25, 0.3) is 0 Å². The van der Waals surface area contributed by atoms with Gasteiger partial charge >= 0.3 is 12.1 Å². The lowest BCUT2D eigenvalue weighted by Crippen LogP contribution is -2.40. The second-order valence-corrected chi connectivity index (χ2v) is 13.0. The summed E-state index contributed by atoms with van der Waals surface area (Å²) in [7, 11) is -2.05. The maximum absolute atomic E-state index is 13.3. The van der Waals surface area contributed by atoms with Crippen molar-refractivity contribution in [3.8, 4) is 0 Å². The zero-order valence-corrected chi connectivity index (χ0v) is 23.9. The molecule has 1 fully saturated rings. The predicted octanol–water partition coefficient (Wildman–Crippen LogP) is 5.82. The van der Waals surface area contributed by atoms with Crippen molar-refractivity contribution in [1.29, 1.82) is 0 Å². The largest absolute Gasteiger partial charge is 0.464 e. The van der Waals surface area contributed by atoms with Crippen molar-refractivity contribution >= 4 is 21.6 Å². The molecule has 6 nitrogen and oxygen atoms in total. The van der Waals surface area contributed by atoms with Gasteiger partial charge in [0.1, 0.15) is 11.8 Å². The Morgan fingerprint density at radius 2 is 1.57 bits per heavy atom. The Kier molecular flexibility index (Phi) is 10.9. The first kappa shape index (κ1) is 31.8. The average molecular weight is 582 g/mol. The van der Waals surface area contributed by atoms with Gasteiger partial charge in [-0.1, -0.05) is 44.2 Å². The number of halogens is 3. The fourth-order valence-corrected chi connectivity index (χ4v) is 7.01. The topological polar surface area (TPSA) is 89.5 Å². The van der Waals surface area contributed by atoms with E-state index in [1.165, 1.54) is 0 Å². The molecule has 0 unspecified atom stereocenters. The van der Waals surface area contributed by atoms with Crippen molar-refractivity contribution in [2.75, 3.05) is 19.4 Å². The van der Waals surface area contributed by atoms with Crippen LogP contribution in [0.25, 0.3) is 0 Å². The number of ether oxygens (including phenoxy) is 1. The molecule has 1 saturated carbocycles. The summed E-state index contributed by atoms with van der Waals surface area (Å²) in [6.07, 6.45) is -2.15. The number of Topliss-reactive ketones (excluding diaryl/α,β-unsaturated/α-hetero) is 1.